The minimum atomic E-state index is 0.503. The standard InChI is InChI=1S/C17H18N4S.C6H6/c18-10-14-5-3-13(4-6-14)7-9-19-11-15-12-21-16-2-1-8-20-17(16)22-15;1-2-4-6-5-3-1/h1-6,8,15,19,21H,7,9,11-12H2;1-6H. The normalized spacial score (nSPS) is 14.6. The van der Waals surface area contributed by atoms with Crippen LogP contribution in [0.2, 0.25) is 0 Å². The van der Waals surface area contributed by atoms with Gasteiger partial charge in [-0.2, -0.15) is 5.26 Å². The Morgan fingerprint density at radius 2 is 1.75 bits per heavy atom. The molecule has 0 spiro atoms. The van der Waals surface area contributed by atoms with Crippen molar-refractivity contribution < 1.29 is 0 Å². The van der Waals surface area contributed by atoms with Crippen molar-refractivity contribution in [3.8, 4) is 6.07 Å². The molecule has 0 amide bonds. The van der Waals surface area contributed by atoms with E-state index >= 15 is 0 Å². The molecule has 3 aromatic rings. The zero-order chi connectivity index (χ0) is 19.4. The van der Waals surface area contributed by atoms with Crippen LogP contribution in [0.4, 0.5) is 5.69 Å². The third-order valence-corrected chi connectivity index (χ3v) is 5.50. The average Bonchev–Trinajstić information content (AvgIpc) is 2.78. The van der Waals surface area contributed by atoms with Gasteiger partial charge in [-0.15, -0.1) is 0 Å². The molecule has 5 heteroatoms. The molecule has 4 nitrogen and oxygen atoms in total. The Morgan fingerprint density at radius 3 is 2.43 bits per heavy atom. The zero-order valence-corrected chi connectivity index (χ0v) is 16.5. The predicted molar refractivity (Wildman–Crippen MR) is 117 cm³/mol. The first kappa shape index (κ1) is 19.9. The topological polar surface area (TPSA) is 60.7 Å². The first-order valence-electron chi connectivity index (χ1n) is 9.40. The number of aromatic nitrogens is 1. The molecule has 0 saturated carbocycles. The molecule has 0 saturated heterocycles. The second kappa shape index (κ2) is 11.1. The van der Waals surface area contributed by atoms with Crippen LogP contribution in [0.5, 0.6) is 0 Å². The highest BCUT2D eigenvalue weighted by Gasteiger charge is 2.18. The van der Waals surface area contributed by atoms with Crippen molar-refractivity contribution in [2.75, 3.05) is 25.0 Å². The maximum absolute atomic E-state index is 8.78. The Labute approximate surface area is 171 Å². The van der Waals surface area contributed by atoms with Crippen LogP contribution in [0, 0.1) is 11.3 Å². The van der Waals surface area contributed by atoms with Crippen LogP contribution in [-0.4, -0.2) is 29.9 Å². The molecule has 0 fully saturated rings. The third kappa shape index (κ3) is 6.41. The minimum Gasteiger partial charge on any atom is -0.382 e. The molecule has 2 aromatic carbocycles. The molecule has 1 aliphatic heterocycles. The zero-order valence-electron chi connectivity index (χ0n) is 15.7. The Balaban J connectivity index is 0.000000320. The lowest BCUT2D eigenvalue weighted by atomic mass is 10.1. The van der Waals surface area contributed by atoms with Crippen molar-refractivity contribution in [1.82, 2.24) is 10.3 Å². The summed E-state index contributed by atoms with van der Waals surface area (Å²) in [6.07, 6.45) is 2.82. The number of nitrogens with zero attached hydrogens (tertiary/aromatic N) is 2. The van der Waals surface area contributed by atoms with Crippen molar-refractivity contribution in [2.24, 2.45) is 0 Å². The molecule has 1 aromatic heterocycles. The molecular weight excluding hydrogens is 364 g/mol. The maximum atomic E-state index is 8.78. The number of nitriles is 1. The van der Waals surface area contributed by atoms with E-state index in [0.717, 1.165) is 36.8 Å². The lowest BCUT2D eigenvalue weighted by Crippen LogP contribution is -2.33. The first-order chi connectivity index (χ1) is 13.8. The van der Waals surface area contributed by atoms with Gasteiger partial charge < -0.3 is 10.6 Å². The predicted octanol–water partition coefficient (Wildman–Crippen LogP) is 4.36. The van der Waals surface area contributed by atoms with E-state index in [1.807, 2.05) is 84.7 Å². The van der Waals surface area contributed by atoms with Gasteiger partial charge in [0.1, 0.15) is 5.03 Å². The number of pyridine rings is 1. The van der Waals surface area contributed by atoms with Gasteiger partial charge in [0.05, 0.1) is 17.3 Å². The van der Waals surface area contributed by atoms with Crippen molar-refractivity contribution in [1.29, 1.82) is 5.26 Å². The SMILES string of the molecule is N#Cc1ccc(CCNCC2CNc3cccnc3S2)cc1.c1ccccc1. The number of rotatable bonds is 5. The Bertz CT molecular complexity index is 848. The van der Waals surface area contributed by atoms with Crippen molar-refractivity contribution >= 4 is 17.4 Å². The lowest BCUT2D eigenvalue weighted by Gasteiger charge is -2.24. The van der Waals surface area contributed by atoms with Gasteiger partial charge in [0.25, 0.3) is 0 Å². The number of hydrogen-bond acceptors (Lipinski definition) is 5. The quantitative estimate of drug-likeness (QED) is 0.636. The molecule has 0 bridgehead atoms. The number of thioether (sulfide) groups is 1. The highest BCUT2D eigenvalue weighted by molar-refractivity contribution is 8.00. The maximum Gasteiger partial charge on any atom is 0.119 e. The largest absolute Gasteiger partial charge is 0.382 e. The Morgan fingerprint density at radius 1 is 1.04 bits per heavy atom. The number of hydrogen-bond donors (Lipinski definition) is 2. The van der Waals surface area contributed by atoms with E-state index in [0.29, 0.717) is 10.8 Å². The summed E-state index contributed by atoms with van der Waals surface area (Å²) in [5.41, 5.74) is 3.11. The van der Waals surface area contributed by atoms with Crippen molar-refractivity contribution in [2.45, 2.75) is 16.7 Å². The molecule has 142 valence electrons. The summed E-state index contributed by atoms with van der Waals surface area (Å²) in [4.78, 5) is 4.41. The Kier molecular flexibility index (Phi) is 7.92. The number of benzene rings is 2. The molecule has 0 aliphatic carbocycles. The number of anilines is 1. The van der Waals surface area contributed by atoms with Crippen LogP contribution < -0.4 is 10.6 Å². The molecule has 1 atom stereocenters. The van der Waals surface area contributed by atoms with Gasteiger partial charge in [0.15, 0.2) is 0 Å². The highest BCUT2D eigenvalue weighted by Crippen LogP contribution is 2.32. The van der Waals surface area contributed by atoms with Gasteiger partial charge in [-0.3, -0.25) is 0 Å². The van der Waals surface area contributed by atoms with Gasteiger partial charge in [-0.05, 0) is 42.8 Å². The van der Waals surface area contributed by atoms with Crippen molar-refractivity contribution in [3.63, 3.8) is 0 Å². The van der Waals surface area contributed by atoms with E-state index < -0.39 is 0 Å². The second-order valence-corrected chi connectivity index (χ2v) is 7.68. The van der Waals surface area contributed by atoms with E-state index in [9.17, 15) is 0 Å². The van der Waals surface area contributed by atoms with Crippen LogP contribution in [-0.2, 0) is 6.42 Å². The smallest absolute Gasteiger partial charge is 0.119 e. The first-order valence-corrected chi connectivity index (χ1v) is 10.3. The monoisotopic (exact) mass is 388 g/mol. The molecule has 2 heterocycles. The summed E-state index contributed by atoms with van der Waals surface area (Å²) >= 11 is 1.84. The molecule has 1 aliphatic rings. The summed E-state index contributed by atoms with van der Waals surface area (Å²) in [5.74, 6) is 0. The molecule has 2 N–H and O–H groups in total. The van der Waals surface area contributed by atoms with E-state index in [4.69, 9.17) is 5.26 Å². The molecule has 1 unspecified atom stereocenters. The van der Waals surface area contributed by atoms with Crippen LogP contribution in [0.1, 0.15) is 11.1 Å². The van der Waals surface area contributed by atoms with Crippen molar-refractivity contribution in [3.05, 3.63) is 90.1 Å². The summed E-state index contributed by atoms with van der Waals surface area (Å²) < 4.78 is 0. The fraction of sp³-hybridized carbons (Fsp3) is 0.217. The van der Waals surface area contributed by atoms with Crippen LogP contribution in [0.15, 0.2) is 84.0 Å². The van der Waals surface area contributed by atoms with Crippen LogP contribution in [0.3, 0.4) is 0 Å². The van der Waals surface area contributed by atoms with E-state index in [1.54, 1.807) is 0 Å². The summed E-state index contributed by atoms with van der Waals surface area (Å²) in [6, 6.07) is 26.0. The molecular formula is C23H24N4S. The molecule has 4 rings (SSSR count). The number of nitrogens with one attached hydrogen (secondary N) is 2. The summed E-state index contributed by atoms with van der Waals surface area (Å²) in [5, 5.41) is 17.3. The third-order valence-electron chi connectivity index (χ3n) is 4.28. The highest BCUT2D eigenvalue weighted by atomic mass is 32.2. The number of fused-ring (bicyclic) bond motifs is 1. The van der Waals surface area contributed by atoms with Gasteiger partial charge in [-0.25, -0.2) is 4.98 Å². The summed E-state index contributed by atoms with van der Waals surface area (Å²) in [7, 11) is 0. The fourth-order valence-corrected chi connectivity index (χ4v) is 3.86. The van der Waals surface area contributed by atoms with Crippen LogP contribution >= 0.6 is 11.8 Å². The minimum absolute atomic E-state index is 0.503. The fourth-order valence-electron chi connectivity index (χ4n) is 2.78. The van der Waals surface area contributed by atoms with Crippen LogP contribution in [0.25, 0.3) is 0 Å². The van der Waals surface area contributed by atoms with Gasteiger partial charge in [-0.1, -0.05) is 60.3 Å². The van der Waals surface area contributed by atoms with Gasteiger partial charge in [0, 0.05) is 24.5 Å². The average molecular weight is 389 g/mol. The second-order valence-electron chi connectivity index (χ2n) is 6.39. The van der Waals surface area contributed by atoms with Gasteiger partial charge in [0.2, 0.25) is 0 Å². The molecule has 0 radical (unpaired) electrons. The van der Waals surface area contributed by atoms with E-state index in [2.05, 4.69) is 27.8 Å². The van der Waals surface area contributed by atoms with E-state index in [1.165, 1.54) is 5.56 Å². The van der Waals surface area contributed by atoms with E-state index in [-0.39, 0.29) is 0 Å². The Hall–Kier alpha value is -2.81. The summed E-state index contributed by atoms with van der Waals surface area (Å²) in [6.45, 7) is 2.87. The molecule has 28 heavy (non-hydrogen) atoms. The van der Waals surface area contributed by atoms with Gasteiger partial charge >= 0.3 is 0 Å². The lowest BCUT2D eigenvalue weighted by molar-refractivity contribution is 0.665.